The third kappa shape index (κ3) is 9.64. The first-order valence-electron chi connectivity index (χ1n) is 25.7. The Labute approximate surface area is 444 Å². The number of para-hydroxylation sites is 2. The molecule has 0 fully saturated rings. The number of aromatic nitrogens is 3. The first-order chi connectivity index (χ1) is 34.3. The monoisotopic (exact) mass is 1180 g/mol. The van der Waals surface area contributed by atoms with Crippen molar-refractivity contribution in [1.82, 2.24) is 14.5 Å². The zero-order valence-electron chi connectivity index (χ0n) is 44.7. The van der Waals surface area contributed by atoms with Gasteiger partial charge in [0.2, 0.25) is 0 Å². The predicted molar refractivity (Wildman–Crippen MR) is 306 cm³/mol. The predicted octanol–water partition coefficient (Wildman–Crippen LogP) is 18.1. The van der Waals surface area contributed by atoms with Gasteiger partial charge in [-0.2, -0.15) is 0 Å². The van der Waals surface area contributed by atoms with E-state index in [9.17, 15) is 0 Å². The number of benzene rings is 8. The molecule has 0 atom stereocenters. The summed E-state index contributed by atoms with van der Waals surface area (Å²) >= 11 is -2.03. The smallest absolute Gasteiger partial charge is 0 e. The molecule has 3 aromatic heterocycles. The van der Waals surface area contributed by atoms with Gasteiger partial charge in [-0.05, 0) is 85.5 Å². The van der Waals surface area contributed by atoms with Gasteiger partial charge in [-0.1, -0.05) is 139 Å². The molecule has 11 rings (SSSR count). The van der Waals surface area contributed by atoms with E-state index in [0.717, 1.165) is 66.6 Å². The fraction of sp³-hybridized carbons (Fsp3) is 0.242. The van der Waals surface area contributed by atoms with E-state index in [0.29, 0.717) is 0 Å². The van der Waals surface area contributed by atoms with Crippen LogP contribution in [0, 0.1) is 12.1 Å². The number of pyridine rings is 1. The largest absolute Gasteiger partial charge is 0 e. The van der Waals surface area contributed by atoms with Crippen molar-refractivity contribution < 1.29 is 25.9 Å². The Bertz CT molecular complexity index is 3780. The quantitative estimate of drug-likeness (QED) is 0.0865. The van der Waals surface area contributed by atoms with Gasteiger partial charge in [0.05, 0.1) is 22.4 Å². The number of hydrogen-bond acceptors (Lipinski definition) is 3. The Hall–Kier alpha value is -6.11. The van der Waals surface area contributed by atoms with E-state index in [1.807, 2.05) is 50.4 Å². The van der Waals surface area contributed by atoms with E-state index in [2.05, 4.69) is 209 Å². The third-order valence-corrected chi connectivity index (χ3v) is 18.3. The zero-order chi connectivity index (χ0) is 50.9. The molecule has 11 aromatic rings. The van der Waals surface area contributed by atoms with Gasteiger partial charge in [-0.15, -0.1) is 23.8 Å². The van der Waals surface area contributed by atoms with Gasteiger partial charge in [-0.25, -0.2) is 0 Å². The van der Waals surface area contributed by atoms with Gasteiger partial charge >= 0.3 is 120 Å². The van der Waals surface area contributed by atoms with E-state index in [-0.39, 0.29) is 37.4 Å². The second kappa shape index (κ2) is 20.1. The summed E-state index contributed by atoms with van der Waals surface area (Å²) in [7, 11) is 0. The van der Waals surface area contributed by atoms with Crippen LogP contribution in [0.1, 0.15) is 104 Å². The van der Waals surface area contributed by atoms with Crippen molar-refractivity contribution in [3.05, 3.63) is 192 Å². The van der Waals surface area contributed by atoms with E-state index in [1.54, 1.807) is 0 Å². The van der Waals surface area contributed by atoms with Crippen LogP contribution in [-0.2, 0) is 25.5 Å². The van der Waals surface area contributed by atoms with Gasteiger partial charge in [0, 0.05) is 36.6 Å². The summed E-state index contributed by atoms with van der Waals surface area (Å²) in [5, 5.41) is 6.96. The molecule has 0 N–H and O–H groups in total. The molecule has 0 saturated carbocycles. The third-order valence-electron chi connectivity index (χ3n) is 14.0. The molecule has 0 spiro atoms. The summed E-state index contributed by atoms with van der Waals surface area (Å²) in [4.78, 5) is 9.95. The number of rotatable bonds is 8. The summed E-state index contributed by atoms with van der Waals surface area (Å²) in [6, 6.07) is 60.8. The molecule has 8 aromatic carbocycles. The molecule has 1 radical (unpaired) electrons. The number of nitrogens with zero attached hydrogens (tertiary/aromatic N) is 3. The molecule has 6 heteroatoms. The van der Waals surface area contributed by atoms with Crippen LogP contribution in [0.4, 0.5) is 0 Å². The van der Waals surface area contributed by atoms with Crippen molar-refractivity contribution in [2.45, 2.75) is 103 Å². The first-order valence-corrected chi connectivity index (χ1v) is 32.5. The van der Waals surface area contributed by atoms with Crippen molar-refractivity contribution >= 4 is 72.2 Å². The molecular weight excluding hydrogens is 1120 g/mol. The van der Waals surface area contributed by atoms with Crippen LogP contribution in [-0.4, -0.2) is 27.8 Å². The zero-order valence-corrected chi connectivity index (χ0v) is 48.2. The van der Waals surface area contributed by atoms with Crippen LogP contribution in [0.2, 0.25) is 17.3 Å². The van der Waals surface area contributed by atoms with Crippen molar-refractivity contribution in [2.24, 2.45) is 0 Å². The second-order valence-electron chi connectivity index (χ2n) is 22.1. The van der Waals surface area contributed by atoms with Crippen LogP contribution >= 0.6 is 0 Å². The number of furan rings is 1. The van der Waals surface area contributed by atoms with Crippen molar-refractivity contribution in [3.63, 3.8) is 0 Å². The molecule has 365 valence electrons. The average Bonchev–Trinajstić information content (AvgIpc) is 3.94. The maximum atomic E-state index is 8.44. The Kier molecular flexibility index (Phi) is 13.8. The fourth-order valence-electron chi connectivity index (χ4n) is 10.1. The molecule has 0 amide bonds. The minimum Gasteiger partial charge on any atom is 0 e. The first kappa shape index (κ1) is 49.5. The molecule has 0 aliphatic heterocycles. The molecular formula is C66H65GeIrN3O-2. The normalized spacial score (nSPS) is 12.5. The summed E-state index contributed by atoms with van der Waals surface area (Å²) < 4.78 is 18.8. The van der Waals surface area contributed by atoms with Crippen molar-refractivity contribution in [3.8, 4) is 39.5 Å². The topological polar surface area (TPSA) is 43.9 Å². The molecule has 0 aliphatic carbocycles. The van der Waals surface area contributed by atoms with Crippen LogP contribution in [0.5, 0.6) is 0 Å². The molecule has 72 heavy (non-hydrogen) atoms. The fourth-order valence-corrected chi connectivity index (χ4v) is 13.5. The van der Waals surface area contributed by atoms with Crippen molar-refractivity contribution in [1.29, 1.82) is 0 Å². The van der Waals surface area contributed by atoms with E-state index in [4.69, 9.17) is 10.8 Å². The van der Waals surface area contributed by atoms with Gasteiger partial charge in [0.15, 0.2) is 0 Å². The Balaban J connectivity index is 0.000000264. The van der Waals surface area contributed by atoms with Crippen LogP contribution < -0.4 is 4.40 Å². The van der Waals surface area contributed by atoms with Gasteiger partial charge in [0.25, 0.3) is 0 Å². The maximum Gasteiger partial charge on any atom is 0 e. The standard InChI is InChI=1S/C49H43N2O.C17H22GeN.Ir/c1-29(2)40-27-34(31-16-20-35(21-17-31)49(5,6)7)28-41(30(3)4)46(40)51-44-15-11-10-14-43(44)50-48(51)33-19-25-45-42(26-33)39-24-23-37-36-13-9-8-12-32(36)18-22-38(37)47(39)52-45;1-13(2)15-11-17(14-9-7-6-8-10-14)19-12-16(15)18(3,4)5;/h8-18,20-30H,1-7H3;6-9,11-13H,1-5H3;/q2*-1;/i;13D;. The Morgan fingerprint density at radius 2 is 1.28 bits per heavy atom. The molecule has 0 saturated heterocycles. The summed E-state index contributed by atoms with van der Waals surface area (Å²) in [6.07, 6.45) is 2.00. The van der Waals surface area contributed by atoms with Crippen LogP contribution in [0.25, 0.3) is 94.0 Å². The maximum absolute atomic E-state index is 8.44. The van der Waals surface area contributed by atoms with Gasteiger partial charge < -0.3 is 8.98 Å². The van der Waals surface area contributed by atoms with E-state index in [1.165, 1.54) is 54.1 Å². The molecule has 0 bridgehead atoms. The Morgan fingerprint density at radius 3 is 1.94 bits per heavy atom. The molecule has 0 unspecified atom stereocenters. The summed E-state index contributed by atoms with van der Waals surface area (Å²) in [5.41, 5.74) is 15.5. The molecule has 0 aliphatic rings. The molecule has 3 heterocycles. The SMILES string of the molecule is CC(C)c1cc(-c2ccc(C(C)(C)C)cc2)cc(C(C)C)c1-n1c(-c2[c-]cc3oc4c(ccc5c6ccccc6ccc54)c3c2)nc2ccccc21.[2H]C(C)(C)c1cc(-c2[c-]cccc2)nc[c]1[Ge]([CH3])([CH3])[CH3].[Ir]. The average molecular weight is 1180 g/mol. The minimum absolute atomic E-state index is 0. The second-order valence-corrected chi connectivity index (χ2v) is 32.7. The number of imidazole rings is 1. The minimum atomic E-state index is -2.03. The summed E-state index contributed by atoms with van der Waals surface area (Å²) in [5.74, 6) is 7.89. The van der Waals surface area contributed by atoms with Crippen LogP contribution in [0.3, 0.4) is 0 Å². The van der Waals surface area contributed by atoms with Crippen molar-refractivity contribution in [2.75, 3.05) is 0 Å². The van der Waals surface area contributed by atoms with Gasteiger partial charge in [-0.3, -0.25) is 4.98 Å². The van der Waals surface area contributed by atoms with E-state index >= 15 is 0 Å². The van der Waals surface area contributed by atoms with Crippen LogP contribution in [0.15, 0.2) is 162 Å². The number of fused-ring (bicyclic) bond motifs is 8. The number of hydrogen-bond donors (Lipinski definition) is 0. The van der Waals surface area contributed by atoms with Gasteiger partial charge in [0.1, 0.15) is 5.58 Å². The van der Waals surface area contributed by atoms with E-state index < -0.39 is 19.2 Å². The Morgan fingerprint density at radius 1 is 0.625 bits per heavy atom. The molecule has 4 nitrogen and oxygen atoms in total. The summed E-state index contributed by atoms with van der Waals surface area (Å²) in [6.45, 7) is 19.9.